The molecule has 4 fully saturated rings. The van der Waals surface area contributed by atoms with E-state index in [0.717, 1.165) is 37.0 Å². The maximum absolute atomic E-state index is 12.1. The van der Waals surface area contributed by atoms with Gasteiger partial charge in [-0.05, 0) is 56.3 Å². The molecule has 0 aliphatic heterocycles. The molecule has 0 aromatic carbocycles. The zero-order valence-corrected chi connectivity index (χ0v) is 10.8. The molecule has 0 saturated heterocycles. The SMILES string of the molecule is Nc1cc(C(=O)OC23CC4CC(CC(C4)C2)C3)no1. The molecule has 0 radical (unpaired) electrons. The first-order valence-corrected chi connectivity index (χ1v) is 7.07. The highest BCUT2D eigenvalue weighted by Gasteiger charge is 2.53. The van der Waals surface area contributed by atoms with Crippen LogP contribution in [0.25, 0.3) is 0 Å². The van der Waals surface area contributed by atoms with Gasteiger partial charge in [-0.1, -0.05) is 5.16 Å². The van der Waals surface area contributed by atoms with Crippen LogP contribution in [-0.2, 0) is 4.74 Å². The second-order valence-electron chi connectivity index (χ2n) is 6.60. The summed E-state index contributed by atoms with van der Waals surface area (Å²) in [5.41, 5.74) is 5.39. The summed E-state index contributed by atoms with van der Waals surface area (Å²) in [5.74, 6) is 2.02. The number of esters is 1. The molecular formula is C14H18N2O3. The van der Waals surface area contributed by atoms with Crippen LogP contribution in [0.2, 0.25) is 0 Å². The monoisotopic (exact) mass is 262 g/mol. The fraction of sp³-hybridized carbons (Fsp3) is 0.714. The molecule has 0 spiro atoms. The van der Waals surface area contributed by atoms with Crippen LogP contribution in [0.15, 0.2) is 10.6 Å². The molecule has 4 aliphatic rings. The number of nitrogens with two attached hydrogens (primary N) is 1. The van der Waals surface area contributed by atoms with Crippen LogP contribution in [0.3, 0.4) is 0 Å². The van der Waals surface area contributed by atoms with E-state index in [2.05, 4.69) is 5.16 Å². The molecule has 2 N–H and O–H groups in total. The summed E-state index contributed by atoms with van der Waals surface area (Å²) in [5, 5.41) is 3.64. The van der Waals surface area contributed by atoms with Crippen LogP contribution >= 0.6 is 0 Å². The first kappa shape index (κ1) is 11.3. The van der Waals surface area contributed by atoms with E-state index >= 15 is 0 Å². The van der Waals surface area contributed by atoms with Gasteiger partial charge in [0.1, 0.15) is 5.60 Å². The van der Waals surface area contributed by atoms with E-state index in [9.17, 15) is 4.79 Å². The van der Waals surface area contributed by atoms with Crippen molar-refractivity contribution in [2.24, 2.45) is 17.8 Å². The van der Waals surface area contributed by atoms with E-state index < -0.39 is 0 Å². The molecule has 1 heterocycles. The third-order valence-corrected chi connectivity index (χ3v) is 5.03. The minimum absolute atomic E-state index is 0.150. The minimum Gasteiger partial charge on any atom is -0.454 e. The van der Waals surface area contributed by atoms with Gasteiger partial charge >= 0.3 is 5.97 Å². The molecule has 0 unspecified atom stereocenters. The maximum atomic E-state index is 12.1. The summed E-state index contributed by atoms with van der Waals surface area (Å²) < 4.78 is 10.6. The Kier molecular flexibility index (Phi) is 2.23. The van der Waals surface area contributed by atoms with Crippen molar-refractivity contribution in [1.29, 1.82) is 0 Å². The average Bonchev–Trinajstić information content (AvgIpc) is 2.73. The van der Waals surface area contributed by atoms with Gasteiger partial charge in [0.25, 0.3) is 0 Å². The minimum atomic E-state index is -0.387. The van der Waals surface area contributed by atoms with Gasteiger partial charge in [-0.2, -0.15) is 0 Å². The lowest BCUT2D eigenvalue weighted by Gasteiger charge is -2.55. The highest BCUT2D eigenvalue weighted by molar-refractivity contribution is 5.88. The quantitative estimate of drug-likeness (QED) is 0.828. The Labute approximate surface area is 111 Å². The Hall–Kier alpha value is -1.52. The molecule has 1 aromatic heterocycles. The number of aromatic nitrogens is 1. The number of anilines is 1. The van der Waals surface area contributed by atoms with Gasteiger partial charge in [-0.25, -0.2) is 4.79 Å². The van der Waals surface area contributed by atoms with E-state index in [1.54, 1.807) is 0 Å². The van der Waals surface area contributed by atoms with Crippen molar-refractivity contribution in [2.45, 2.75) is 44.1 Å². The molecule has 0 atom stereocenters. The van der Waals surface area contributed by atoms with Crippen LogP contribution in [0.1, 0.15) is 49.0 Å². The van der Waals surface area contributed by atoms with Crippen molar-refractivity contribution >= 4 is 11.9 Å². The molecule has 5 nitrogen and oxygen atoms in total. The Morgan fingerprint density at radius 3 is 2.32 bits per heavy atom. The molecule has 102 valence electrons. The van der Waals surface area contributed by atoms with Gasteiger partial charge in [0.2, 0.25) is 5.88 Å². The third-order valence-electron chi connectivity index (χ3n) is 5.03. The standard InChI is InChI=1S/C14H18N2O3/c15-12-4-11(16-19-12)13(17)18-14-5-8-1-9(6-14)3-10(2-8)7-14/h4,8-10H,1-3,5-7,15H2. The van der Waals surface area contributed by atoms with Crippen molar-refractivity contribution in [3.63, 3.8) is 0 Å². The van der Waals surface area contributed by atoms with Crippen molar-refractivity contribution < 1.29 is 14.1 Å². The fourth-order valence-electron chi connectivity index (χ4n) is 4.79. The fourth-order valence-corrected chi connectivity index (χ4v) is 4.79. The van der Waals surface area contributed by atoms with Crippen LogP contribution in [-0.4, -0.2) is 16.7 Å². The average molecular weight is 262 g/mol. The van der Waals surface area contributed by atoms with E-state index in [0.29, 0.717) is 0 Å². The highest BCUT2D eigenvalue weighted by Crippen LogP contribution is 2.57. The lowest BCUT2D eigenvalue weighted by Crippen LogP contribution is -2.52. The molecule has 5 rings (SSSR count). The first-order valence-electron chi connectivity index (χ1n) is 7.07. The first-order chi connectivity index (χ1) is 9.12. The Bertz CT molecular complexity index is 487. The number of nitrogens with zero attached hydrogens (tertiary/aromatic N) is 1. The lowest BCUT2D eigenvalue weighted by molar-refractivity contribution is -0.131. The number of ether oxygens (including phenoxy) is 1. The molecule has 19 heavy (non-hydrogen) atoms. The number of hydrogen-bond donors (Lipinski definition) is 1. The highest BCUT2D eigenvalue weighted by atomic mass is 16.6. The van der Waals surface area contributed by atoms with Gasteiger partial charge in [-0.3, -0.25) is 0 Å². The second-order valence-corrected chi connectivity index (χ2v) is 6.60. The van der Waals surface area contributed by atoms with Crippen LogP contribution in [0.4, 0.5) is 5.88 Å². The van der Waals surface area contributed by atoms with Gasteiger partial charge < -0.3 is 15.0 Å². The van der Waals surface area contributed by atoms with Crippen LogP contribution in [0.5, 0.6) is 0 Å². The van der Waals surface area contributed by atoms with Gasteiger partial charge in [0, 0.05) is 6.07 Å². The van der Waals surface area contributed by atoms with Crippen molar-refractivity contribution in [1.82, 2.24) is 5.16 Å². The maximum Gasteiger partial charge on any atom is 0.361 e. The molecule has 4 aliphatic carbocycles. The van der Waals surface area contributed by atoms with Crippen molar-refractivity contribution in [2.75, 3.05) is 5.73 Å². The third kappa shape index (κ3) is 1.83. The summed E-state index contributed by atoms with van der Waals surface area (Å²) in [6, 6.07) is 1.43. The van der Waals surface area contributed by atoms with Gasteiger partial charge in [-0.15, -0.1) is 0 Å². The molecular weight excluding hydrogens is 244 g/mol. The van der Waals surface area contributed by atoms with Crippen LogP contribution < -0.4 is 5.73 Å². The molecule has 1 aromatic rings. The summed E-state index contributed by atoms with van der Waals surface area (Å²) in [7, 11) is 0. The number of rotatable bonds is 2. The Morgan fingerprint density at radius 1 is 1.26 bits per heavy atom. The topological polar surface area (TPSA) is 78.4 Å². The summed E-state index contributed by atoms with van der Waals surface area (Å²) in [4.78, 5) is 12.1. The Morgan fingerprint density at radius 2 is 1.84 bits per heavy atom. The number of carbonyl (C=O) groups is 1. The van der Waals surface area contributed by atoms with E-state index in [4.69, 9.17) is 15.0 Å². The van der Waals surface area contributed by atoms with Gasteiger partial charge in [0.15, 0.2) is 5.69 Å². The van der Waals surface area contributed by atoms with E-state index in [1.165, 1.54) is 25.3 Å². The lowest BCUT2D eigenvalue weighted by atomic mass is 9.54. The normalized spacial score (nSPS) is 39.5. The van der Waals surface area contributed by atoms with Crippen molar-refractivity contribution in [3.05, 3.63) is 11.8 Å². The smallest absolute Gasteiger partial charge is 0.361 e. The predicted octanol–water partition coefficient (Wildman–Crippen LogP) is 2.38. The molecule has 5 heteroatoms. The van der Waals surface area contributed by atoms with E-state index in [1.807, 2.05) is 0 Å². The molecule has 4 saturated carbocycles. The number of nitrogen functional groups attached to an aromatic ring is 1. The molecule has 4 bridgehead atoms. The van der Waals surface area contributed by atoms with E-state index in [-0.39, 0.29) is 23.1 Å². The Balaban J connectivity index is 1.54. The zero-order chi connectivity index (χ0) is 13.0. The number of hydrogen-bond acceptors (Lipinski definition) is 5. The molecule has 0 amide bonds. The van der Waals surface area contributed by atoms with Gasteiger partial charge in [0.05, 0.1) is 0 Å². The summed E-state index contributed by atoms with van der Waals surface area (Å²) >= 11 is 0. The van der Waals surface area contributed by atoms with Crippen LogP contribution in [0, 0.1) is 17.8 Å². The predicted molar refractivity (Wildman–Crippen MR) is 67.2 cm³/mol. The zero-order valence-electron chi connectivity index (χ0n) is 10.8. The second kappa shape index (κ2) is 3.74. The summed E-state index contributed by atoms with van der Waals surface area (Å²) in [6.07, 6.45) is 7.06. The number of carbonyl (C=O) groups excluding carboxylic acids is 1. The summed E-state index contributed by atoms with van der Waals surface area (Å²) in [6.45, 7) is 0. The largest absolute Gasteiger partial charge is 0.454 e. The van der Waals surface area contributed by atoms with Crippen molar-refractivity contribution in [3.8, 4) is 0 Å².